The van der Waals surface area contributed by atoms with Gasteiger partial charge in [0.25, 0.3) is 0 Å². The smallest absolute Gasteiger partial charge is 0.416 e. The van der Waals surface area contributed by atoms with Gasteiger partial charge in [0.15, 0.2) is 5.82 Å². The number of benzene rings is 3. The summed E-state index contributed by atoms with van der Waals surface area (Å²) in [5, 5.41) is 0.803. The highest BCUT2D eigenvalue weighted by Crippen LogP contribution is 2.27. The van der Waals surface area contributed by atoms with E-state index in [0.717, 1.165) is 16.5 Å². The van der Waals surface area contributed by atoms with Gasteiger partial charge in [0.1, 0.15) is 6.61 Å². The molecule has 6 heteroatoms. The highest BCUT2D eigenvalue weighted by Gasteiger charge is 2.22. The van der Waals surface area contributed by atoms with Crippen LogP contribution in [0, 0.1) is 0 Å². The number of anilines is 1. The third-order valence-corrected chi connectivity index (χ3v) is 4.59. The number of aromatic nitrogens is 2. The molecule has 0 spiro atoms. The summed E-state index contributed by atoms with van der Waals surface area (Å²) < 4.78 is 5.59. The van der Waals surface area contributed by atoms with Crippen molar-refractivity contribution in [3.05, 3.63) is 101 Å². The summed E-state index contributed by atoms with van der Waals surface area (Å²) in [5.74, 6) is 0.419. The molecule has 1 heterocycles. The molecule has 0 unspecified atom stereocenters. The molecular formula is C23H18ClN3O2. The maximum atomic E-state index is 13.1. The van der Waals surface area contributed by atoms with Crippen LogP contribution >= 0.6 is 11.6 Å². The number of carbonyl (C=O) groups is 1. The predicted octanol–water partition coefficient (Wildman–Crippen LogP) is 5.63. The largest absolute Gasteiger partial charge is 0.444 e. The molecule has 29 heavy (non-hydrogen) atoms. The number of fused-ring (bicyclic) bond motifs is 1. The number of nitrogens with zero attached hydrogens (tertiary/aromatic N) is 3. The number of ether oxygens (including phenoxy) is 1. The molecule has 0 aliphatic carbocycles. The summed E-state index contributed by atoms with van der Waals surface area (Å²) in [5.41, 5.74) is 2.52. The van der Waals surface area contributed by atoms with Gasteiger partial charge in [-0.1, -0.05) is 72.8 Å². The molecule has 5 nitrogen and oxygen atoms in total. The molecule has 3 aromatic carbocycles. The van der Waals surface area contributed by atoms with E-state index < -0.39 is 6.09 Å². The first-order valence-electron chi connectivity index (χ1n) is 9.15. The van der Waals surface area contributed by atoms with Crippen LogP contribution in [0.1, 0.15) is 11.1 Å². The second kappa shape index (κ2) is 8.71. The fourth-order valence-corrected chi connectivity index (χ4v) is 3.20. The maximum absolute atomic E-state index is 13.1. The van der Waals surface area contributed by atoms with E-state index in [1.54, 1.807) is 0 Å². The monoisotopic (exact) mass is 403 g/mol. The van der Waals surface area contributed by atoms with Crippen molar-refractivity contribution in [2.24, 2.45) is 0 Å². The quantitative estimate of drug-likeness (QED) is 0.405. The molecule has 0 aliphatic heterocycles. The molecular weight excluding hydrogens is 386 g/mol. The van der Waals surface area contributed by atoms with Gasteiger partial charge in [-0.3, -0.25) is 4.90 Å². The van der Waals surface area contributed by atoms with Gasteiger partial charge in [-0.2, -0.15) is 4.98 Å². The zero-order valence-electron chi connectivity index (χ0n) is 15.5. The SMILES string of the molecule is O=C(OCc1ccccc1)N(Cc1ccccc1)c1nc(Cl)nc2ccccc12. The van der Waals surface area contributed by atoms with Crippen molar-refractivity contribution in [3.63, 3.8) is 0 Å². The zero-order valence-corrected chi connectivity index (χ0v) is 16.3. The highest BCUT2D eigenvalue weighted by molar-refractivity contribution is 6.29. The minimum Gasteiger partial charge on any atom is -0.444 e. The predicted molar refractivity (Wildman–Crippen MR) is 114 cm³/mol. The molecule has 0 aliphatic rings. The Kier molecular flexibility index (Phi) is 5.68. The minimum atomic E-state index is -0.502. The van der Waals surface area contributed by atoms with E-state index >= 15 is 0 Å². The molecule has 0 radical (unpaired) electrons. The van der Waals surface area contributed by atoms with Gasteiger partial charge in [-0.05, 0) is 34.9 Å². The fourth-order valence-electron chi connectivity index (χ4n) is 3.03. The van der Waals surface area contributed by atoms with Crippen LogP contribution in [0.25, 0.3) is 10.9 Å². The summed E-state index contributed by atoms with van der Waals surface area (Å²) in [6.45, 7) is 0.466. The van der Waals surface area contributed by atoms with E-state index in [4.69, 9.17) is 16.3 Å². The van der Waals surface area contributed by atoms with Crippen molar-refractivity contribution in [1.29, 1.82) is 0 Å². The Labute approximate surface area is 173 Å². The Hall–Kier alpha value is -3.44. The molecule has 144 valence electrons. The molecule has 1 amide bonds. The van der Waals surface area contributed by atoms with Crippen LogP contribution in [-0.2, 0) is 17.9 Å². The van der Waals surface area contributed by atoms with E-state index in [1.165, 1.54) is 4.90 Å². The third-order valence-electron chi connectivity index (χ3n) is 4.42. The first-order valence-corrected chi connectivity index (χ1v) is 9.53. The van der Waals surface area contributed by atoms with Crippen LogP contribution in [0.5, 0.6) is 0 Å². The Morgan fingerprint density at radius 2 is 1.45 bits per heavy atom. The summed E-state index contributed by atoms with van der Waals surface area (Å²) in [4.78, 5) is 23.2. The number of carbonyl (C=O) groups excluding carboxylic acids is 1. The first-order chi connectivity index (χ1) is 14.2. The Morgan fingerprint density at radius 3 is 2.17 bits per heavy atom. The molecule has 0 bridgehead atoms. The number of rotatable bonds is 5. The van der Waals surface area contributed by atoms with Crippen LogP contribution in [0.15, 0.2) is 84.9 Å². The summed E-state index contributed by atoms with van der Waals surface area (Å²) >= 11 is 6.15. The lowest BCUT2D eigenvalue weighted by molar-refractivity contribution is 0.146. The molecule has 4 aromatic rings. The van der Waals surface area contributed by atoms with E-state index in [9.17, 15) is 4.79 Å². The second-order valence-corrected chi connectivity index (χ2v) is 6.78. The maximum Gasteiger partial charge on any atom is 0.416 e. The number of hydrogen-bond acceptors (Lipinski definition) is 4. The zero-order chi connectivity index (χ0) is 20.1. The van der Waals surface area contributed by atoms with Crippen LogP contribution in [0.4, 0.5) is 10.6 Å². The van der Waals surface area contributed by atoms with Crippen molar-refractivity contribution in [1.82, 2.24) is 9.97 Å². The third kappa shape index (κ3) is 4.52. The Morgan fingerprint density at radius 1 is 0.828 bits per heavy atom. The lowest BCUT2D eigenvalue weighted by atomic mass is 10.2. The van der Waals surface area contributed by atoms with E-state index in [1.807, 2.05) is 84.9 Å². The van der Waals surface area contributed by atoms with Gasteiger partial charge in [0.2, 0.25) is 5.28 Å². The average Bonchev–Trinajstić information content (AvgIpc) is 2.77. The van der Waals surface area contributed by atoms with E-state index in [2.05, 4.69) is 9.97 Å². The molecule has 0 atom stereocenters. The van der Waals surface area contributed by atoms with Gasteiger partial charge in [0.05, 0.1) is 12.1 Å². The van der Waals surface area contributed by atoms with E-state index in [-0.39, 0.29) is 11.9 Å². The summed E-state index contributed by atoms with van der Waals surface area (Å²) in [6.07, 6.45) is -0.502. The molecule has 0 N–H and O–H groups in total. The summed E-state index contributed by atoms with van der Waals surface area (Å²) in [6, 6.07) is 26.7. The Balaban J connectivity index is 1.70. The molecule has 0 saturated heterocycles. The van der Waals surface area contributed by atoms with Crippen molar-refractivity contribution >= 4 is 34.4 Å². The summed E-state index contributed by atoms with van der Waals surface area (Å²) in [7, 11) is 0. The first kappa shape index (κ1) is 18.9. The van der Waals surface area contributed by atoms with Gasteiger partial charge >= 0.3 is 6.09 Å². The number of para-hydroxylation sites is 1. The highest BCUT2D eigenvalue weighted by atomic mass is 35.5. The second-order valence-electron chi connectivity index (χ2n) is 6.45. The topological polar surface area (TPSA) is 55.3 Å². The lowest BCUT2D eigenvalue weighted by Gasteiger charge is -2.23. The minimum absolute atomic E-state index is 0.0765. The number of halogens is 1. The van der Waals surface area contributed by atoms with Gasteiger partial charge in [0, 0.05) is 5.39 Å². The fraction of sp³-hybridized carbons (Fsp3) is 0.0870. The standard InChI is InChI=1S/C23H18ClN3O2/c24-22-25-20-14-8-7-13-19(20)21(26-22)27(15-17-9-3-1-4-10-17)23(28)29-16-18-11-5-2-6-12-18/h1-14H,15-16H2. The molecule has 1 aromatic heterocycles. The van der Waals surface area contributed by atoms with Crippen molar-refractivity contribution < 1.29 is 9.53 Å². The normalized spacial score (nSPS) is 10.7. The van der Waals surface area contributed by atoms with Crippen LogP contribution < -0.4 is 4.90 Å². The van der Waals surface area contributed by atoms with Crippen LogP contribution in [0.3, 0.4) is 0 Å². The van der Waals surface area contributed by atoms with Crippen molar-refractivity contribution in [3.8, 4) is 0 Å². The van der Waals surface area contributed by atoms with Crippen LogP contribution in [-0.4, -0.2) is 16.1 Å². The number of amides is 1. The molecule has 0 saturated carbocycles. The number of hydrogen-bond donors (Lipinski definition) is 0. The van der Waals surface area contributed by atoms with Gasteiger partial charge < -0.3 is 4.74 Å². The molecule has 4 rings (SSSR count). The van der Waals surface area contributed by atoms with E-state index in [0.29, 0.717) is 17.9 Å². The van der Waals surface area contributed by atoms with Crippen molar-refractivity contribution in [2.45, 2.75) is 13.2 Å². The van der Waals surface area contributed by atoms with Crippen LogP contribution in [0.2, 0.25) is 5.28 Å². The lowest BCUT2D eigenvalue weighted by Crippen LogP contribution is -2.32. The van der Waals surface area contributed by atoms with Gasteiger partial charge in [-0.25, -0.2) is 9.78 Å². The molecule has 0 fully saturated rings. The Bertz CT molecular complexity index is 1120. The van der Waals surface area contributed by atoms with Crippen molar-refractivity contribution in [2.75, 3.05) is 4.90 Å². The van der Waals surface area contributed by atoms with Gasteiger partial charge in [-0.15, -0.1) is 0 Å². The average molecular weight is 404 g/mol.